The Hall–Kier alpha value is -3.62. The van der Waals surface area contributed by atoms with Crippen molar-refractivity contribution in [3.05, 3.63) is 113 Å². The average molecular weight is 391 g/mol. The highest BCUT2D eigenvalue weighted by molar-refractivity contribution is 5.77. The van der Waals surface area contributed by atoms with Crippen molar-refractivity contribution in [3.8, 4) is 12.1 Å². The molecule has 30 heavy (non-hydrogen) atoms. The van der Waals surface area contributed by atoms with Crippen LogP contribution in [0.1, 0.15) is 46.6 Å². The largest absolute Gasteiger partial charge is 0.198 e. The van der Waals surface area contributed by atoms with Gasteiger partial charge in [-0.1, -0.05) is 103 Å². The van der Waals surface area contributed by atoms with Crippen molar-refractivity contribution in [2.45, 2.75) is 32.6 Å². The first-order chi connectivity index (χ1) is 14.5. The van der Waals surface area contributed by atoms with Gasteiger partial charge in [-0.05, 0) is 36.5 Å². The summed E-state index contributed by atoms with van der Waals surface area (Å²) in [4.78, 5) is 0. The molecule has 0 heterocycles. The van der Waals surface area contributed by atoms with Crippen LogP contribution in [-0.2, 0) is 0 Å². The summed E-state index contributed by atoms with van der Waals surface area (Å²) in [6.45, 7) is 6.20. The number of rotatable bonds is 6. The molecule has 0 spiro atoms. The summed E-state index contributed by atoms with van der Waals surface area (Å²) in [5.74, 6) is -0.376. The maximum atomic E-state index is 10.1. The lowest BCUT2D eigenvalue weighted by molar-refractivity contribution is 0.508. The molecule has 3 atom stereocenters. The Morgan fingerprint density at radius 3 is 1.87 bits per heavy atom. The molecule has 0 amide bonds. The summed E-state index contributed by atoms with van der Waals surface area (Å²) >= 11 is 0. The molecular formula is C28H26N2. The predicted molar refractivity (Wildman–Crippen MR) is 123 cm³/mol. The van der Waals surface area contributed by atoms with E-state index in [1.165, 1.54) is 5.56 Å². The molecule has 3 aromatic rings. The molecule has 148 valence electrons. The molecule has 0 bridgehead atoms. The Morgan fingerprint density at radius 2 is 1.33 bits per heavy atom. The van der Waals surface area contributed by atoms with E-state index >= 15 is 0 Å². The van der Waals surface area contributed by atoms with Gasteiger partial charge in [-0.25, -0.2) is 0 Å². The quantitative estimate of drug-likeness (QED) is 0.428. The Bertz CT molecular complexity index is 1080. The Morgan fingerprint density at radius 1 is 0.767 bits per heavy atom. The zero-order chi connectivity index (χ0) is 21.5. The second-order valence-corrected chi connectivity index (χ2v) is 7.87. The second kappa shape index (κ2) is 9.73. The topological polar surface area (TPSA) is 47.6 Å². The first-order valence-electron chi connectivity index (χ1n) is 10.2. The molecule has 0 aliphatic rings. The molecule has 3 unspecified atom stereocenters. The van der Waals surface area contributed by atoms with Crippen LogP contribution in [0.4, 0.5) is 0 Å². The van der Waals surface area contributed by atoms with Gasteiger partial charge in [-0.15, -0.1) is 0 Å². The van der Waals surface area contributed by atoms with E-state index in [4.69, 9.17) is 0 Å². The van der Waals surface area contributed by atoms with E-state index in [0.29, 0.717) is 5.57 Å². The third-order valence-electron chi connectivity index (χ3n) is 5.60. The summed E-state index contributed by atoms with van der Waals surface area (Å²) in [7, 11) is 0. The maximum absolute atomic E-state index is 10.1. The fourth-order valence-electron chi connectivity index (χ4n) is 3.91. The number of aryl methyl sites for hydroxylation is 2. The average Bonchev–Trinajstić information content (AvgIpc) is 2.77. The van der Waals surface area contributed by atoms with Crippen LogP contribution in [-0.4, -0.2) is 0 Å². The van der Waals surface area contributed by atoms with Crippen LogP contribution in [0, 0.1) is 42.4 Å². The number of allylic oxidation sites excluding steroid dienone is 2. The first kappa shape index (κ1) is 21.1. The predicted octanol–water partition coefficient (Wildman–Crippen LogP) is 6.94. The summed E-state index contributed by atoms with van der Waals surface area (Å²) in [6.07, 6.45) is 2.02. The fraction of sp³-hybridized carbons (Fsp3) is 0.214. The fourth-order valence-corrected chi connectivity index (χ4v) is 3.91. The lowest BCUT2D eigenvalue weighted by atomic mass is 9.74. The lowest BCUT2D eigenvalue weighted by Crippen LogP contribution is -2.17. The monoisotopic (exact) mass is 390 g/mol. The summed E-state index contributed by atoms with van der Waals surface area (Å²) < 4.78 is 0. The van der Waals surface area contributed by atoms with Gasteiger partial charge in [-0.2, -0.15) is 10.5 Å². The molecule has 0 radical (unpaired) electrons. The van der Waals surface area contributed by atoms with Gasteiger partial charge in [0.1, 0.15) is 0 Å². The number of hydrogen-bond donors (Lipinski definition) is 0. The standard InChI is InChI=1S/C28H26N2/c1-20-9-13-23(14-10-20)26(18-29)17-22(3)28(25-15-11-21(2)12-16-25)27(19-30)24-7-5-4-6-8-24/h4-17,22,27-28H,1-3H3. The van der Waals surface area contributed by atoms with Gasteiger partial charge < -0.3 is 0 Å². The smallest absolute Gasteiger partial charge is 0.0994 e. The van der Waals surface area contributed by atoms with Crippen LogP contribution in [0.5, 0.6) is 0 Å². The number of hydrogen-bond acceptors (Lipinski definition) is 2. The number of nitriles is 2. The Kier molecular flexibility index (Phi) is 6.84. The zero-order valence-electron chi connectivity index (χ0n) is 17.7. The van der Waals surface area contributed by atoms with E-state index < -0.39 is 0 Å². The lowest BCUT2D eigenvalue weighted by Gasteiger charge is -2.27. The van der Waals surface area contributed by atoms with Crippen molar-refractivity contribution in [2.24, 2.45) is 5.92 Å². The van der Waals surface area contributed by atoms with Crippen molar-refractivity contribution >= 4 is 5.57 Å². The van der Waals surface area contributed by atoms with Crippen molar-refractivity contribution in [1.29, 1.82) is 10.5 Å². The van der Waals surface area contributed by atoms with Crippen LogP contribution < -0.4 is 0 Å². The molecule has 0 saturated heterocycles. The number of nitrogens with zero attached hydrogens (tertiary/aromatic N) is 2. The summed E-state index contributed by atoms with van der Waals surface area (Å²) in [6, 6.07) is 31.2. The minimum atomic E-state index is -0.307. The van der Waals surface area contributed by atoms with Crippen LogP contribution in [0.15, 0.2) is 84.9 Å². The molecule has 2 heteroatoms. The van der Waals surface area contributed by atoms with Gasteiger partial charge in [0.05, 0.1) is 23.6 Å². The van der Waals surface area contributed by atoms with Crippen molar-refractivity contribution in [1.82, 2.24) is 0 Å². The summed E-state index contributed by atoms with van der Waals surface area (Å²) in [5, 5.41) is 19.9. The van der Waals surface area contributed by atoms with E-state index in [2.05, 4.69) is 50.3 Å². The van der Waals surface area contributed by atoms with Gasteiger partial charge in [-0.3, -0.25) is 0 Å². The molecule has 0 fully saturated rings. The highest BCUT2D eigenvalue weighted by atomic mass is 14.4. The van der Waals surface area contributed by atoms with E-state index in [-0.39, 0.29) is 17.8 Å². The van der Waals surface area contributed by atoms with Gasteiger partial charge in [0, 0.05) is 5.92 Å². The molecule has 3 rings (SSSR count). The van der Waals surface area contributed by atoms with Gasteiger partial charge in [0.15, 0.2) is 0 Å². The van der Waals surface area contributed by atoms with Gasteiger partial charge >= 0.3 is 0 Å². The van der Waals surface area contributed by atoms with Crippen molar-refractivity contribution in [3.63, 3.8) is 0 Å². The van der Waals surface area contributed by atoms with Crippen LogP contribution in [0.3, 0.4) is 0 Å². The molecular weight excluding hydrogens is 364 g/mol. The molecule has 0 aromatic heterocycles. The minimum Gasteiger partial charge on any atom is -0.198 e. The third-order valence-corrected chi connectivity index (χ3v) is 5.60. The highest BCUT2D eigenvalue weighted by Crippen LogP contribution is 2.40. The van der Waals surface area contributed by atoms with Crippen LogP contribution in [0.25, 0.3) is 5.57 Å². The van der Waals surface area contributed by atoms with E-state index in [9.17, 15) is 10.5 Å². The van der Waals surface area contributed by atoms with Gasteiger partial charge in [0.2, 0.25) is 0 Å². The normalized spacial score (nSPS) is 14.2. The molecule has 0 aliphatic carbocycles. The molecule has 0 saturated carbocycles. The first-order valence-corrected chi connectivity index (χ1v) is 10.2. The zero-order valence-corrected chi connectivity index (χ0v) is 17.7. The molecule has 2 nitrogen and oxygen atoms in total. The van der Waals surface area contributed by atoms with Crippen LogP contribution in [0.2, 0.25) is 0 Å². The molecule has 0 aliphatic heterocycles. The SMILES string of the molecule is Cc1ccc(C(C#N)=CC(C)C(c2ccc(C)cc2)C(C#N)c2ccccc2)cc1. The Balaban J connectivity index is 2.07. The molecule has 3 aromatic carbocycles. The maximum Gasteiger partial charge on any atom is 0.0994 e. The number of benzene rings is 3. The van der Waals surface area contributed by atoms with E-state index in [1.807, 2.05) is 67.6 Å². The second-order valence-electron chi connectivity index (χ2n) is 7.87. The minimum absolute atomic E-state index is 0.00600. The van der Waals surface area contributed by atoms with Crippen molar-refractivity contribution in [2.75, 3.05) is 0 Å². The van der Waals surface area contributed by atoms with Gasteiger partial charge in [0.25, 0.3) is 0 Å². The third kappa shape index (κ3) is 4.86. The van der Waals surface area contributed by atoms with E-state index in [1.54, 1.807) is 0 Å². The Labute approximate surface area is 179 Å². The van der Waals surface area contributed by atoms with Crippen molar-refractivity contribution < 1.29 is 0 Å². The molecule has 0 N–H and O–H groups in total. The van der Waals surface area contributed by atoms with E-state index in [0.717, 1.165) is 22.3 Å². The van der Waals surface area contributed by atoms with Crippen LogP contribution >= 0.6 is 0 Å². The highest BCUT2D eigenvalue weighted by Gasteiger charge is 2.29. The summed E-state index contributed by atoms with van der Waals surface area (Å²) in [5.41, 5.74) is 6.01.